The van der Waals surface area contributed by atoms with Gasteiger partial charge in [-0.3, -0.25) is 14.7 Å². The average Bonchev–Trinajstić information content (AvgIpc) is 2.37. The molecule has 0 amide bonds. The molecule has 1 aromatic carbocycles. The fourth-order valence-electron chi connectivity index (χ4n) is 1.81. The van der Waals surface area contributed by atoms with Crippen LogP contribution in [0.4, 0.5) is 18.9 Å². The van der Waals surface area contributed by atoms with Gasteiger partial charge in [-0.2, -0.15) is 13.2 Å². The van der Waals surface area contributed by atoms with E-state index in [0.717, 1.165) is 12.1 Å². The van der Waals surface area contributed by atoms with Crippen LogP contribution in [0.3, 0.4) is 0 Å². The van der Waals surface area contributed by atoms with Crippen molar-refractivity contribution in [2.24, 2.45) is 0 Å². The minimum atomic E-state index is -4.81. The SMILES string of the molecule is CCOP(=O)(Cc1ccc([N+](=O)[O-])cc1C(F)(F)F)OCC. The molecule has 6 nitrogen and oxygen atoms in total. The minimum Gasteiger partial charge on any atom is -0.309 e. The standard InChI is InChI=1S/C12H15F3NO5P/c1-3-20-22(19,21-4-2)8-9-5-6-10(16(17)18)7-11(9)12(13,14)15/h5-7H,3-4,8H2,1-2H3. The van der Waals surface area contributed by atoms with E-state index in [0.29, 0.717) is 6.07 Å². The predicted molar refractivity (Wildman–Crippen MR) is 72.7 cm³/mol. The maximum absolute atomic E-state index is 13.0. The molecule has 0 fully saturated rings. The molecular formula is C12H15F3NO5P. The van der Waals surface area contributed by atoms with Gasteiger partial charge < -0.3 is 9.05 Å². The molecule has 0 aliphatic carbocycles. The Hall–Kier alpha value is -1.44. The molecule has 0 saturated heterocycles. The van der Waals surface area contributed by atoms with E-state index in [1.165, 1.54) is 13.8 Å². The van der Waals surface area contributed by atoms with Gasteiger partial charge >= 0.3 is 13.8 Å². The molecule has 0 saturated carbocycles. The number of non-ortho nitro benzene ring substituents is 1. The summed E-state index contributed by atoms with van der Waals surface area (Å²) in [4.78, 5) is 9.69. The number of nitro benzene ring substituents is 1. The zero-order valence-corrected chi connectivity index (χ0v) is 12.8. The van der Waals surface area contributed by atoms with Crippen LogP contribution in [-0.4, -0.2) is 18.1 Å². The van der Waals surface area contributed by atoms with Crippen LogP contribution in [-0.2, 0) is 26.0 Å². The summed E-state index contributed by atoms with van der Waals surface area (Å²) in [6, 6.07) is 2.26. The number of benzene rings is 1. The molecular weight excluding hydrogens is 326 g/mol. The molecule has 1 rings (SSSR count). The number of rotatable bonds is 7. The number of nitrogens with zero attached hydrogens (tertiary/aromatic N) is 1. The Morgan fingerprint density at radius 1 is 1.23 bits per heavy atom. The van der Waals surface area contributed by atoms with Gasteiger partial charge in [-0.15, -0.1) is 0 Å². The van der Waals surface area contributed by atoms with Crippen molar-refractivity contribution in [1.82, 2.24) is 0 Å². The summed E-state index contributed by atoms with van der Waals surface area (Å²) in [5, 5.41) is 10.6. The Labute approximate surface area is 124 Å². The van der Waals surface area contributed by atoms with E-state index in [1.807, 2.05) is 0 Å². The molecule has 0 aromatic heterocycles. The van der Waals surface area contributed by atoms with Gasteiger partial charge in [-0.25, -0.2) is 0 Å². The fraction of sp³-hybridized carbons (Fsp3) is 0.500. The molecule has 0 N–H and O–H groups in total. The second kappa shape index (κ2) is 7.21. The first-order valence-electron chi connectivity index (χ1n) is 6.35. The Morgan fingerprint density at radius 3 is 2.18 bits per heavy atom. The monoisotopic (exact) mass is 341 g/mol. The van der Waals surface area contributed by atoms with Gasteiger partial charge in [0.05, 0.1) is 29.9 Å². The maximum atomic E-state index is 13.0. The molecule has 0 bridgehead atoms. The van der Waals surface area contributed by atoms with Crippen LogP contribution < -0.4 is 0 Å². The minimum absolute atomic E-state index is 0.00557. The first kappa shape index (κ1) is 18.6. The highest BCUT2D eigenvalue weighted by molar-refractivity contribution is 7.53. The molecule has 0 aliphatic rings. The Kier molecular flexibility index (Phi) is 6.10. The van der Waals surface area contributed by atoms with E-state index < -0.39 is 36.1 Å². The van der Waals surface area contributed by atoms with Gasteiger partial charge in [-0.05, 0) is 19.4 Å². The molecule has 124 valence electrons. The molecule has 0 heterocycles. The molecule has 1 aromatic rings. The van der Waals surface area contributed by atoms with Crippen LogP contribution in [0.1, 0.15) is 25.0 Å². The van der Waals surface area contributed by atoms with Gasteiger partial charge in [0.25, 0.3) is 5.69 Å². The average molecular weight is 341 g/mol. The topological polar surface area (TPSA) is 78.7 Å². The molecule has 0 radical (unpaired) electrons. The van der Waals surface area contributed by atoms with Crippen LogP contribution in [0, 0.1) is 10.1 Å². The highest BCUT2D eigenvalue weighted by atomic mass is 31.2. The van der Waals surface area contributed by atoms with E-state index in [9.17, 15) is 27.9 Å². The first-order chi connectivity index (χ1) is 10.1. The summed E-state index contributed by atoms with van der Waals surface area (Å²) in [6.07, 6.45) is -5.42. The van der Waals surface area contributed by atoms with E-state index in [2.05, 4.69) is 0 Å². The van der Waals surface area contributed by atoms with Crippen LogP contribution in [0.5, 0.6) is 0 Å². The van der Waals surface area contributed by atoms with Crippen molar-refractivity contribution in [3.63, 3.8) is 0 Å². The van der Waals surface area contributed by atoms with Gasteiger partial charge in [0.2, 0.25) is 0 Å². The summed E-state index contributed by atoms with van der Waals surface area (Å²) in [6.45, 7) is 3.08. The van der Waals surface area contributed by atoms with E-state index in [-0.39, 0.29) is 18.8 Å². The molecule has 0 spiro atoms. The lowest BCUT2D eigenvalue weighted by molar-refractivity contribution is -0.385. The predicted octanol–water partition coefficient (Wildman–Crippen LogP) is 4.38. The number of nitro groups is 1. The number of halogens is 3. The van der Waals surface area contributed by atoms with Crippen molar-refractivity contribution in [3.05, 3.63) is 39.4 Å². The second-order valence-electron chi connectivity index (χ2n) is 4.20. The lowest BCUT2D eigenvalue weighted by Gasteiger charge is -2.19. The summed E-state index contributed by atoms with van der Waals surface area (Å²) in [7, 11) is -3.75. The maximum Gasteiger partial charge on any atom is 0.416 e. The van der Waals surface area contributed by atoms with Crippen LogP contribution in [0.15, 0.2) is 18.2 Å². The highest BCUT2D eigenvalue weighted by Gasteiger charge is 2.37. The van der Waals surface area contributed by atoms with Crippen LogP contribution >= 0.6 is 7.60 Å². The molecule has 0 atom stereocenters. The Balaban J connectivity index is 3.28. The van der Waals surface area contributed by atoms with Crippen molar-refractivity contribution in [1.29, 1.82) is 0 Å². The van der Waals surface area contributed by atoms with E-state index >= 15 is 0 Å². The molecule has 10 heteroatoms. The number of hydrogen-bond donors (Lipinski definition) is 0. The summed E-state index contributed by atoms with van der Waals surface area (Å²) >= 11 is 0. The number of alkyl halides is 3. The van der Waals surface area contributed by atoms with Crippen LogP contribution in [0.2, 0.25) is 0 Å². The molecule has 0 unspecified atom stereocenters. The molecule has 0 aliphatic heterocycles. The van der Waals surface area contributed by atoms with Gasteiger partial charge in [0.15, 0.2) is 0 Å². The number of hydrogen-bond acceptors (Lipinski definition) is 5. The fourth-order valence-corrected chi connectivity index (χ4v) is 3.55. The molecule has 22 heavy (non-hydrogen) atoms. The lowest BCUT2D eigenvalue weighted by atomic mass is 10.1. The third kappa shape index (κ3) is 4.79. The van der Waals surface area contributed by atoms with Crippen molar-refractivity contribution in [3.8, 4) is 0 Å². The normalized spacial score (nSPS) is 12.4. The van der Waals surface area contributed by atoms with Crippen molar-refractivity contribution in [2.45, 2.75) is 26.2 Å². The zero-order chi connectivity index (χ0) is 17.0. The summed E-state index contributed by atoms with van der Waals surface area (Å²) in [5.41, 5.74) is -2.29. The Bertz CT molecular complexity index is 581. The second-order valence-corrected chi connectivity index (χ2v) is 6.26. The van der Waals surface area contributed by atoms with E-state index in [4.69, 9.17) is 9.05 Å². The van der Waals surface area contributed by atoms with Crippen LogP contribution in [0.25, 0.3) is 0 Å². The van der Waals surface area contributed by atoms with Gasteiger partial charge in [0.1, 0.15) is 0 Å². The van der Waals surface area contributed by atoms with Crippen molar-refractivity contribution < 1.29 is 31.7 Å². The lowest BCUT2D eigenvalue weighted by Crippen LogP contribution is -2.11. The summed E-state index contributed by atoms with van der Waals surface area (Å²) in [5.74, 6) is 0. The quantitative estimate of drug-likeness (QED) is 0.418. The third-order valence-corrected chi connectivity index (χ3v) is 4.66. The largest absolute Gasteiger partial charge is 0.416 e. The summed E-state index contributed by atoms with van der Waals surface area (Å²) < 4.78 is 61.4. The highest BCUT2D eigenvalue weighted by Crippen LogP contribution is 2.52. The first-order valence-corrected chi connectivity index (χ1v) is 8.08. The van der Waals surface area contributed by atoms with E-state index in [1.54, 1.807) is 0 Å². The van der Waals surface area contributed by atoms with Crippen molar-refractivity contribution >= 4 is 13.3 Å². The Morgan fingerprint density at radius 2 is 1.77 bits per heavy atom. The zero-order valence-electron chi connectivity index (χ0n) is 11.9. The van der Waals surface area contributed by atoms with Gasteiger partial charge in [0, 0.05) is 12.1 Å². The van der Waals surface area contributed by atoms with Gasteiger partial charge in [-0.1, -0.05) is 6.07 Å². The van der Waals surface area contributed by atoms with Crippen molar-refractivity contribution in [2.75, 3.05) is 13.2 Å². The smallest absolute Gasteiger partial charge is 0.309 e. The third-order valence-electron chi connectivity index (χ3n) is 2.63.